The van der Waals surface area contributed by atoms with E-state index in [9.17, 15) is 9.59 Å². The van der Waals surface area contributed by atoms with Gasteiger partial charge in [-0.3, -0.25) is 9.78 Å². The lowest BCUT2D eigenvalue weighted by Gasteiger charge is -2.35. The summed E-state index contributed by atoms with van der Waals surface area (Å²) in [5, 5.41) is 0. The molecule has 7 nitrogen and oxygen atoms in total. The van der Waals surface area contributed by atoms with E-state index in [1.54, 1.807) is 18.3 Å². The number of aromatic nitrogens is 1. The summed E-state index contributed by atoms with van der Waals surface area (Å²) in [6.45, 7) is 5.21. The maximum atomic E-state index is 12.3. The minimum Gasteiger partial charge on any atom is -0.446 e. The number of hydrogen-bond acceptors (Lipinski definition) is 6. The van der Waals surface area contributed by atoms with Crippen LogP contribution < -0.4 is 0 Å². The van der Waals surface area contributed by atoms with Crippen molar-refractivity contribution in [2.24, 2.45) is 0 Å². The molecule has 2 rings (SSSR count). The molecule has 0 aliphatic carbocycles. The van der Waals surface area contributed by atoms with Crippen LogP contribution in [0.15, 0.2) is 24.4 Å². The number of nitrogens with zero attached hydrogens (tertiary/aromatic N) is 2. The maximum Gasteiger partial charge on any atom is 0.416 e. The highest BCUT2D eigenvalue weighted by molar-refractivity contribution is 5.90. The minimum absolute atomic E-state index is 0.0628. The summed E-state index contributed by atoms with van der Waals surface area (Å²) in [5.74, 6) is -0.375. The van der Waals surface area contributed by atoms with Gasteiger partial charge in [0, 0.05) is 26.1 Å². The summed E-state index contributed by atoms with van der Waals surface area (Å²) in [5.41, 5.74) is 0.630. The Kier molecular flexibility index (Phi) is 16.9. The Hall–Kier alpha value is -1.99. The fourth-order valence-electron chi connectivity index (χ4n) is 4.58. The van der Waals surface area contributed by atoms with Gasteiger partial charge in [0.1, 0.15) is 6.61 Å². The average Bonchev–Trinajstić information content (AvgIpc) is 2.87. The number of imide groups is 1. The highest BCUT2D eigenvalue weighted by Gasteiger charge is 2.32. The number of hydrogen-bond donors (Lipinski definition) is 0. The molecule has 0 unspecified atom stereocenters. The van der Waals surface area contributed by atoms with Gasteiger partial charge in [-0.2, -0.15) is 0 Å². The fourth-order valence-corrected chi connectivity index (χ4v) is 4.58. The molecule has 2 atom stereocenters. The molecule has 0 saturated carbocycles. The Morgan fingerprint density at radius 3 is 2.00 bits per heavy atom. The van der Waals surface area contributed by atoms with Gasteiger partial charge in [0.05, 0.1) is 31.1 Å². The molecule has 1 aromatic heterocycles. The van der Waals surface area contributed by atoms with Crippen LogP contribution in [0, 0.1) is 0 Å². The van der Waals surface area contributed by atoms with Crippen LogP contribution >= 0.6 is 0 Å². The minimum atomic E-state index is -0.667. The molecule has 37 heavy (non-hydrogen) atoms. The van der Waals surface area contributed by atoms with Crippen molar-refractivity contribution in [3.05, 3.63) is 30.1 Å². The van der Waals surface area contributed by atoms with Gasteiger partial charge < -0.3 is 14.2 Å². The third kappa shape index (κ3) is 14.5. The predicted molar refractivity (Wildman–Crippen MR) is 146 cm³/mol. The number of amides is 2. The van der Waals surface area contributed by atoms with Gasteiger partial charge in [-0.05, 0) is 18.6 Å². The van der Waals surface area contributed by atoms with Gasteiger partial charge in [-0.1, -0.05) is 96.5 Å². The quantitative estimate of drug-likeness (QED) is 0.160. The van der Waals surface area contributed by atoms with Gasteiger partial charge in [0.15, 0.2) is 0 Å². The topological polar surface area (TPSA) is 78.0 Å². The zero-order valence-corrected chi connectivity index (χ0v) is 23.3. The van der Waals surface area contributed by atoms with E-state index in [2.05, 4.69) is 11.9 Å². The van der Waals surface area contributed by atoms with Crippen molar-refractivity contribution in [1.29, 1.82) is 0 Å². The number of ether oxygens (including phenoxy) is 3. The molecule has 2 heterocycles. The average molecular weight is 519 g/mol. The Morgan fingerprint density at radius 1 is 0.892 bits per heavy atom. The second-order valence-electron chi connectivity index (χ2n) is 10.3. The molecular formula is C30H50N2O5. The molecule has 1 aromatic rings. The van der Waals surface area contributed by atoms with Gasteiger partial charge >= 0.3 is 6.09 Å². The normalized spacial score (nSPS) is 16.8. The van der Waals surface area contributed by atoms with E-state index in [0.717, 1.165) is 24.3 Å². The molecule has 210 valence electrons. The van der Waals surface area contributed by atoms with Gasteiger partial charge in [-0.25, -0.2) is 9.69 Å². The van der Waals surface area contributed by atoms with Crippen molar-refractivity contribution in [2.75, 3.05) is 19.8 Å². The lowest BCUT2D eigenvalue weighted by atomic mass is 10.0. The first-order chi connectivity index (χ1) is 18.1. The highest BCUT2D eigenvalue weighted by atomic mass is 16.6. The van der Waals surface area contributed by atoms with Crippen LogP contribution in [0.5, 0.6) is 0 Å². The number of rotatable bonds is 21. The maximum absolute atomic E-state index is 12.3. The van der Waals surface area contributed by atoms with E-state index in [4.69, 9.17) is 14.2 Å². The monoisotopic (exact) mass is 518 g/mol. The summed E-state index contributed by atoms with van der Waals surface area (Å²) < 4.78 is 16.8. The van der Waals surface area contributed by atoms with Crippen molar-refractivity contribution in [3.63, 3.8) is 0 Å². The number of carbonyl (C=O) groups is 2. The van der Waals surface area contributed by atoms with E-state index in [1.165, 1.54) is 90.4 Å². The zero-order valence-electron chi connectivity index (χ0n) is 23.3. The lowest BCUT2D eigenvalue weighted by Crippen LogP contribution is -2.45. The smallest absolute Gasteiger partial charge is 0.416 e. The number of carbonyl (C=O) groups excluding carboxylic acids is 2. The Morgan fingerprint density at radius 2 is 1.46 bits per heavy atom. The van der Waals surface area contributed by atoms with Crippen LogP contribution in [-0.2, 0) is 25.5 Å². The Labute approximate surface area is 224 Å². The van der Waals surface area contributed by atoms with Crippen molar-refractivity contribution < 1.29 is 23.8 Å². The Balaban J connectivity index is 1.36. The molecule has 1 saturated heterocycles. The number of unbranched alkanes of at least 4 members (excludes halogenated alkanes) is 13. The van der Waals surface area contributed by atoms with Crippen molar-refractivity contribution in [1.82, 2.24) is 9.88 Å². The summed E-state index contributed by atoms with van der Waals surface area (Å²) >= 11 is 0. The third-order valence-corrected chi connectivity index (χ3v) is 6.90. The molecule has 1 aliphatic heterocycles. The predicted octanol–water partition coefficient (Wildman–Crippen LogP) is 7.22. The fraction of sp³-hybridized carbons (Fsp3) is 0.767. The summed E-state index contributed by atoms with van der Waals surface area (Å²) in [6, 6.07) is 5.37. The second-order valence-corrected chi connectivity index (χ2v) is 10.3. The van der Waals surface area contributed by atoms with E-state index in [0.29, 0.717) is 12.3 Å². The van der Waals surface area contributed by atoms with Crippen LogP contribution in [-0.4, -0.2) is 53.9 Å². The number of pyridine rings is 1. The standard InChI is InChI=1S/C30H50N2O5/c1-3-4-5-6-7-8-9-10-11-12-13-14-15-18-21-35-24-28-22-29(37-28)25-36-30(34)32(26(2)33)23-27-19-16-17-20-31-27/h16-17,19-20,28-29H,3-15,18,21-25H2,1-2H3/t28-,29+/m1/s1. The Bertz CT molecular complexity index is 724. The van der Waals surface area contributed by atoms with Crippen LogP contribution in [0.4, 0.5) is 4.79 Å². The van der Waals surface area contributed by atoms with Gasteiger partial charge in [0.2, 0.25) is 5.91 Å². The molecule has 7 heteroatoms. The summed E-state index contributed by atoms with van der Waals surface area (Å²) in [6.07, 6.45) is 20.6. The van der Waals surface area contributed by atoms with Crippen LogP contribution in [0.2, 0.25) is 0 Å². The van der Waals surface area contributed by atoms with Crippen molar-refractivity contribution >= 4 is 12.0 Å². The van der Waals surface area contributed by atoms with E-state index in [-0.39, 0.29) is 31.3 Å². The van der Waals surface area contributed by atoms with Crippen LogP contribution in [0.3, 0.4) is 0 Å². The van der Waals surface area contributed by atoms with E-state index >= 15 is 0 Å². The first kappa shape index (κ1) is 31.2. The van der Waals surface area contributed by atoms with Gasteiger partial charge in [0.25, 0.3) is 0 Å². The van der Waals surface area contributed by atoms with Crippen LogP contribution in [0.25, 0.3) is 0 Å². The first-order valence-corrected chi connectivity index (χ1v) is 14.7. The summed E-state index contributed by atoms with van der Waals surface area (Å²) in [7, 11) is 0. The summed E-state index contributed by atoms with van der Waals surface area (Å²) in [4.78, 5) is 29.4. The SMILES string of the molecule is CCCCCCCCCCCCCCCCOC[C@H]1C[C@@H](COC(=O)N(Cc2ccccn2)C(C)=O)O1. The molecular weight excluding hydrogens is 468 g/mol. The molecule has 0 radical (unpaired) electrons. The largest absolute Gasteiger partial charge is 0.446 e. The molecule has 1 aliphatic rings. The lowest BCUT2D eigenvalue weighted by molar-refractivity contribution is -0.167. The van der Waals surface area contributed by atoms with Crippen molar-refractivity contribution in [3.8, 4) is 0 Å². The molecule has 0 bridgehead atoms. The molecule has 0 N–H and O–H groups in total. The molecule has 0 spiro atoms. The van der Waals surface area contributed by atoms with Gasteiger partial charge in [-0.15, -0.1) is 0 Å². The van der Waals surface area contributed by atoms with E-state index < -0.39 is 6.09 Å². The van der Waals surface area contributed by atoms with Crippen LogP contribution in [0.1, 0.15) is 116 Å². The molecule has 2 amide bonds. The third-order valence-electron chi connectivity index (χ3n) is 6.90. The molecule has 0 aromatic carbocycles. The second kappa shape index (κ2) is 20.0. The van der Waals surface area contributed by atoms with E-state index in [1.807, 2.05) is 6.07 Å². The molecule has 1 fully saturated rings. The van der Waals surface area contributed by atoms with Crippen molar-refractivity contribution in [2.45, 2.75) is 129 Å². The zero-order chi connectivity index (χ0) is 26.6. The first-order valence-electron chi connectivity index (χ1n) is 14.7. The highest BCUT2D eigenvalue weighted by Crippen LogP contribution is 2.22.